The van der Waals surface area contributed by atoms with E-state index in [1.807, 2.05) is 0 Å². The van der Waals surface area contributed by atoms with E-state index in [2.05, 4.69) is 26.5 Å². The molecule has 0 amide bonds. The molecule has 0 aliphatic carbocycles. The fourth-order valence-electron chi connectivity index (χ4n) is 0. The summed E-state index contributed by atoms with van der Waals surface area (Å²) in [5.41, 5.74) is 4.02. The maximum atomic E-state index is 9.75. The minimum absolute atomic E-state index is 0.250. The van der Waals surface area contributed by atoms with Gasteiger partial charge >= 0.3 is 7.25 Å². The highest BCUT2D eigenvalue weighted by molar-refractivity contribution is 6.50. The molecule has 0 aliphatic heterocycles. The summed E-state index contributed by atoms with van der Waals surface area (Å²) in [5, 5.41) is 0. The quantitative estimate of drug-likeness (QED) is 0.410. The van der Waals surface area contributed by atoms with E-state index in [1.165, 1.54) is 0 Å². The molecule has 0 atom stereocenters. The summed E-state index contributed by atoms with van der Waals surface area (Å²) in [6.45, 7) is 6.23. The second-order valence-corrected chi connectivity index (χ2v) is 3.06. The highest BCUT2D eigenvalue weighted by Gasteiger charge is 2.20. The monoisotopic (exact) mass is 161 g/mol. The predicted octanol–water partition coefficient (Wildman–Crippen LogP) is 1.33. The van der Waals surface area contributed by atoms with E-state index in [1.54, 1.807) is 0 Å². The normalized spacial score (nSPS) is 12.0. The van der Waals surface area contributed by atoms with E-state index in [0.717, 1.165) is 0 Å². The molecule has 6 heteroatoms. The fraction of sp³-hybridized carbons (Fsp3) is 1.00. The van der Waals surface area contributed by atoms with Crippen molar-refractivity contribution in [1.82, 2.24) is 0 Å². The fourth-order valence-corrected chi connectivity index (χ4v) is 0. The van der Waals surface area contributed by atoms with Crippen molar-refractivity contribution in [1.29, 1.82) is 0 Å². The SMILES string of the molecule is CC(C)(C)[NH3+].F[B-](F)(F)F. The van der Waals surface area contributed by atoms with Crippen molar-refractivity contribution in [2.75, 3.05) is 0 Å². The molecule has 0 rings (SSSR count). The van der Waals surface area contributed by atoms with Crippen molar-refractivity contribution < 1.29 is 23.0 Å². The molecule has 1 nitrogen and oxygen atoms in total. The predicted molar refractivity (Wildman–Crippen MR) is 32.8 cm³/mol. The molecule has 0 aromatic rings. The summed E-state index contributed by atoms with van der Waals surface area (Å²) in [5.74, 6) is 0. The molecule has 0 aromatic carbocycles. The first kappa shape index (κ1) is 12.4. The smallest absolute Gasteiger partial charge is 0.418 e. The number of hydrogen-bond acceptors (Lipinski definition) is 0. The van der Waals surface area contributed by atoms with Gasteiger partial charge in [0.1, 0.15) is 0 Å². The zero-order valence-corrected chi connectivity index (χ0v) is 6.30. The Labute approximate surface area is 57.7 Å². The summed E-state index contributed by atoms with van der Waals surface area (Å²) in [6, 6.07) is 0. The molecule has 0 radical (unpaired) electrons. The van der Waals surface area contributed by atoms with Crippen LogP contribution in [0.1, 0.15) is 20.8 Å². The molecular formula is C4H12BF4N. The Morgan fingerprint density at radius 1 is 1.00 bits per heavy atom. The maximum Gasteiger partial charge on any atom is 0.673 e. The van der Waals surface area contributed by atoms with Gasteiger partial charge in [-0.05, 0) is 20.8 Å². The lowest BCUT2D eigenvalue weighted by molar-refractivity contribution is -0.458. The van der Waals surface area contributed by atoms with Crippen LogP contribution in [0.4, 0.5) is 17.3 Å². The van der Waals surface area contributed by atoms with Gasteiger partial charge in [0.25, 0.3) is 0 Å². The number of halogens is 4. The van der Waals surface area contributed by atoms with Gasteiger partial charge in [-0.1, -0.05) is 0 Å². The van der Waals surface area contributed by atoms with Crippen LogP contribution in [0.25, 0.3) is 0 Å². The largest absolute Gasteiger partial charge is 0.673 e. The van der Waals surface area contributed by atoms with Crippen molar-refractivity contribution in [2.45, 2.75) is 26.3 Å². The second-order valence-electron chi connectivity index (χ2n) is 3.06. The molecule has 0 aromatic heterocycles. The first-order valence-corrected chi connectivity index (χ1v) is 2.73. The van der Waals surface area contributed by atoms with Crippen molar-refractivity contribution >= 4 is 7.25 Å². The zero-order chi connectivity index (χ0) is 9.00. The van der Waals surface area contributed by atoms with Gasteiger partial charge in [0, 0.05) is 0 Å². The van der Waals surface area contributed by atoms with E-state index >= 15 is 0 Å². The van der Waals surface area contributed by atoms with Gasteiger partial charge < -0.3 is 23.0 Å². The number of hydrogen-bond donors (Lipinski definition) is 1. The van der Waals surface area contributed by atoms with Crippen LogP contribution < -0.4 is 5.73 Å². The highest BCUT2D eigenvalue weighted by Crippen LogP contribution is 2.06. The summed E-state index contributed by atoms with van der Waals surface area (Å²) in [6.07, 6.45) is 0. The van der Waals surface area contributed by atoms with Crippen LogP contribution in [0, 0.1) is 0 Å². The molecule has 0 saturated carbocycles. The molecule has 0 fully saturated rings. The van der Waals surface area contributed by atoms with Gasteiger partial charge in [0.05, 0.1) is 5.54 Å². The average Bonchev–Trinajstić information content (AvgIpc) is 1.12. The molecule has 0 bridgehead atoms. The average molecular weight is 161 g/mol. The van der Waals surface area contributed by atoms with Crippen molar-refractivity contribution in [3.05, 3.63) is 0 Å². The molecule has 3 N–H and O–H groups in total. The lowest BCUT2D eigenvalue weighted by Gasteiger charge is -2.01. The van der Waals surface area contributed by atoms with Crippen LogP contribution >= 0.6 is 0 Å². The Bertz CT molecular complexity index is 60.2. The Morgan fingerprint density at radius 2 is 1.00 bits per heavy atom. The standard InChI is InChI=1S/C4H11N.BF4/c1-4(2,3)5;2-1(3,4)5/h5H2,1-3H3;/q;-1/p+1. The van der Waals surface area contributed by atoms with Gasteiger partial charge in [0.2, 0.25) is 0 Å². The van der Waals surface area contributed by atoms with Gasteiger partial charge in [-0.15, -0.1) is 0 Å². The number of quaternary nitrogens is 1. The Morgan fingerprint density at radius 3 is 1.00 bits per heavy atom. The Kier molecular flexibility index (Phi) is 4.72. The molecule has 0 aliphatic rings. The lowest BCUT2D eigenvalue weighted by atomic mass is 10.1. The third-order valence-corrected chi connectivity index (χ3v) is 0. The van der Waals surface area contributed by atoms with Crippen LogP contribution in [0.3, 0.4) is 0 Å². The van der Waals surface area contributed by atoms with Crippen molar-refractivity contribution in [3.63, 3.8) is 0 Å². The van der Waals surface area contributed by atoms with E-state index in [9.17, 15) is 17.3 Å². The van der Waals surface area contributed by atoms with Gasteiger partial charge in [-0.3, -0.25) is 0 Å². The van der Waals surface area contributed by atoms with Gasteiger partial charge in [-0.25, -0.2) is 0 Å². The van der Waals surface area contributed by atoms with Gasteiger partial charge in [0.15, 0.2) is 0 Å². The number of rotatable bonds is 0. The first-order valence-electron chi connectivity index (χ1n) is 2.73. The van der Waals surface area contributed by atoms with Crippen LogP contribution in [0.15, 0.2) is 0 Å². The second kappa shape index (κ2) is 3.80. The Hall–Kier alpha value is -0.255. The molecule has 0 heterocycles. The molecule has 0 spiro atoms. The summed E-state index contributed by atoms with van der Waals surface area (Å²) in [4.78, 5) is 0. The van der Waals surface area contributed by atoms with Crippen LogP contribution in [0.5, 0.6) is 0 Å². The van der Waals surface area contributed by atoms with Crippen LogP contribution in [-0.4, -0.2) is 12.8 Å². The molecule has 0 unspecified atom stereocenters. The summed E-state index contributed by atoms with van der Waals surface area (Å²) < 4.78 is 39.0. The third kappa shape index (κ3) is 5420. The van der Waals surface area contributed by atoms with Gasteiger partial charge in [-0.2, -0.15) is 0 Å². The van der Waals surface area contributed by atoms with E-state index in [4.69, 9.17) is 0 Å². The third-order valence-electron chi connectivity index (χ3n) is 0. The topological polar surface area (TPSA) is 27.6 Å². The Balaban J connectivity index is 0. The minimum atomic E-state index is -6.00. The lowest BCUT2D eigenvalue weighted by Crippen LogP contribution is -2.67. The first-order chi connectivity index (χ1) is 4.00. The van der Waals surface area contributed by atoms with Crippen LogP contribution in [-0.2, 0) is 0 Å². The highest BCUT2D eigenvalue weighted by atomic mass is 19.5. The summed E-state index contributed by atoms with van der Waals surface area (Å²) in [7, 11) is -6.00. The maximum absolute atomic E-state index is 9.75. The molecule has 0 saturated heterocycles. The van der Waals surface area contributed by atoms with Crippen molar-refractivity contribution in [3.8, 4) is 0 Å². The zero-order valence-electron chi connectivity index (χ0n) is 6.30. The van der Waals surface area contributed by atoms with Crippen LogP contribution in [0.2, 0.25) is 0 Å². The van der Waals surface area contributed by atoms with Crippen molar-refractivity contribution in [2.24, 2.45) is 0 Å². The summed E-state index contributed by atoms with van der Waals surface area (Å²) >= 11 is 0. The molecular weight excluding hydrogens is 149 g/mol. The minimum Gasteiger partial charge on any atom is -0.418 e. The van der Waals surface area contributed by atoms with E-state index < -0.39 is 7.25 Å². The van der Waals surface area contributed by atoms with E-state index in [0.29, 0.717) is 0 Å². The molecule has 10 heavy (non-hydrogen) atoms. The molecule has 64 valence electrons. The van der Waals surface area contributed by atoms with E-state index in [-0.39, 0.29) is 5.54 Å².